The normalized spacial score (nSPS) is 12.7. The van der Waals surface area contributed by atoms with E-state index in [1.165, 1.54) is 0 Å². The van der Waals surface area contributed by atoms with Crippen molar-refractivity contribution in [2.45, 2.75) is 12.7 Å². The van der Waals surface area contributed by atoms with Gasteiger partial charge in [0.2, 0.25) is 5.69 Å². The zero-order valence-corrected chi connectivity index (χ0v) is 9.79. The predicted molar refractivity (Wildman–Crippen MR) is 51.7 cm³/mol. The molecule has 0 aliphatic heterocycles. The Bertz CT molecular complexity index is 563. The molecule has 7 nitrogen and oxygen atoms in total. The van der Waals surface area contributed by atoms with E-state index >= 15 is 0 Å². The maximum atomic E-state index is 12.6. The predicted octanol–water partition coefficient (Wildman–Crippen LogP) is 0.0397. The summed E-state index contributed by atoms with van der Waals surface area (Å²) in [6.07, 6.45) is -4.13. The van der Waals surface area contributed by atoms with Crippen LogP contribution in [0.4, 0.5) is 13.2 Å². The topological polar surface area (TPSA) is 102 Å². The van der Waals surface area contributed by atoms with Crippen LogP contribution in [-0.4, -0.2) is 46.5 Å². The number of halogens is 3. The molecule has 0 spiro atoms. The number of nitrogens with zero attached hydrogens (tertiary/aromatic N) is 3. The molecule has 1 aromatic rings. The lowest BCUT2D eigenvalue weighted by Gasteiger charge is -2.09. The van der Waals surface area contributed by atoms with Gasteiger partial charge in [-0.3, -0.25) is 0 Å². The van der Waals surface area contributed by atoms with Crippen LogP contribution in [0.5, 0.6) is 0 Å². The first-order valence-corrected chi connectivity index (χ1v) is 6.50. The highest BCUT2D eigenvalue weighted by Crippen LogP contribution is 2.31. The summed E-state index contributed by atoms with van der Waals surface area (Å²) in [5.41, 5.74) is -2.82. The fourth-order valence-corrected chi connectivity index (χ4v) is 1.65. The smallest absolute Gasteiger partial charge is 0.435 e. The van der Waals surface area contributed by atoms with Gasteiger partial charge in [-0.15, -0.1) is 5.10 Å². The summed E-state index contributed by atoms with van der Waals surface area (Å²) in [5, 5.41) is 14.4. The van der Waals surface area contributed by atoms with Crippen LogP contribution in [0, 0.1) is 0 Å². The fourth-order valence-electron chi connectivity index (χ4n) is 1.15. The Kier molecular flexibility index (Phi) is 3.64. The van der Waals surface area contributed by atoms with E-state index in [0.29, 0.717) is 0 Å². The Labute approximate surface area is 99.1 Å². The summed E-state index contributed by atoms with van der Waals surface area (Å²) in [6, 6.07) is 0. The Morgan fingerprint density at radius 2 is 2.00 bits per heavy atom. The monoisotopic (exact) mass is 287 g/mol. The van der Waals surface area contributed by atoms with Gasteiger partial charge < -0.3 is 5.11 Å². The first kappa shape index (κ1) is 14.4. The first-order valence-electron chi connectivity index (χ1n) is 4.44. The molecule has 0 aliphatic rings. The highest BCUT2D eigenvalue weighted by Gasteiger charge is 2.41. The minimum absolute atomic E-state index is 0.227. The van der Waals surface area contributed by atoms with Crippen molar-refractivity contribution in [1.82, 2.24) is 15.0 Å². The van der Waals surface area contributed by atoms with E-state index in [9.17, 15) is 26.4 Å². The van der Waals surface area contributed by atoms with Gasteiger partial charge in [0.15, 0.2) is 5.69 Å². The van der Waals surface area contributed by atoms with Crippen molar-refractivity contribution in [1.29, 1.82) is 0 Å². The van der Waals surface area contributed by atoms with E-state index in [1.54, 1.807) is 0 Å². The number of aryl methyl sites for hydroxylation is 1. The van der Waals surface area contributed by atoms with E-state index in [2.05, 4.69) is 10.3 Å². The van der Waals surface area contributed by atoms with E-state index < -0.39 is 45.7 Å². The highest BCUT2D eigenvalue weighted by atomic mass is 32.2. The number of alkyl halides is 3. The Hall–Kier alpha value is -1.65. The number of carbonyl (C=O) groups is 1. The molecule has 18 heavy (non-hydrogen) atoms. The van der Waals surface area contributed by atoms with Crippen molar-refractivity contribution in [3.63, 3.8) is 0 Å². The molecular weight excluding hydrogens is 279 g/mol. The van der Waals surface area contributed by atoms with Gasteiger partial charge in [-0.25, -0.2) is 17.9 Å². The van der Waals surface area contributed by atoms with Gasteiger partial charge in [0.05, 0.1) is 12.3 Å². The molecule has 0 saturated carbocycles. The molecule has 1 rings (SSSR count). The van der Waals surface area contributed by atoms with Gasteiger partial charge >= 0.3 is 12.1 Å². The second kappa shape index (κ2) is 4.55. The standard InChI is InChI=1S/C7H8F3N3O4S/c1-18(16,17)3-2-13-5(7(8,9)10)4(6(14)15)11-12-13/h2-3H2,1H3,(H,14,15). The quantitative estimate of drug-likeness (QED) is 0.838. The van der Waals surface area contributed by atoms with Crippen molar-refractivity contribution >= 4 is 15.8 Å². The van der Waals surface area contributed by atoms with Crippen LogP contribution in [0.25, 0.3) is 0 Å². The van der Waals surface area contributed by atoms with Crippen LogP contribution in [0.1, 0.15) is 16.2 Å². The minimum atomic E-state index is -4.98. The summed E-state index contributed by atoms with van der Waals surface area (Å²) in [5.74, 6) is -2.48. The molecule has 1 heterocycles. The molecule has 0 atom stereocenters. The zero-order chi connectivity index (χ0) is 14.1. The number of hydrogen-bond acceptors (Lipinski definition) is 5. The molecule has 0 unspecified atom stereocenters. The van der Waals surface area contributed by atoms with Crippen LogP contribution in [0.15, 0.2) is 0 Å². The second-order valence-electron chi connectivity index (χ2n) is 3.44. The lowest BCUT2D eigenvalue weighted by Crippen LogP contribution is -2.21. The minimum Gasteiger partial charge on any atom is -0.476 e. The summed E-state index contributed by atoms with van der Waals surface area (Å²) in [6.45, 7) is -0.617. The Balaban J connectivity index is 3.18. The van der Waals surface area contributed by atoms with Gasteiger partial charge in [0.1, 0.15) is 9.84 Å². The molecule has 1 N–H and O–H groups in total. The van der Waals surface area contributed by atoms with Crippen molar-refractivity contribution in [3.05, 3.63) is 11.4 Å². The lowest BCUT2D eigenvalue weighted by atomic mass is 10.3. The van der Waals surface area contributed by atoms with Crippen LogP contribution in [0.2, 0.25) is 0 Å². The number of aromatic carboxylic acids is 1. The fraction of sp³-hybridized carbons (Fsp3) is 0.571. The molecule has 0 fully saturated rings. The average Bonchev–Trinajstić information content (AvgIpc) is 2.56. The molecule has 0 aliphatic carbocycles. The molecule has 1 aromatic heterocycles. The molecule has 0 saturated heterocycles. The van der Waals surface area contributed by atoms with Crippen molar-refractivity contribution in [2.24, 2.45) is 0 Å². The molecule has 0 amide bonds. The maximum absolute atomic E-state index is 12.6. The highest BCUT2D eigenvalue weighted by molar-refractivity contribution is 7.90. The van der Waals surface area contributed by atoms with Crippen LogP contribution in [-0.2, 0) is 22.6 Å². The molecular formula is C7H8F3N3O4S. The van der Waals surface area contributed by atoms with Gasteiger partial charge in [-0.1, -0.05) is 5.21 Å². The maximum Gasteiger partial charge on any atom is 0.435 e. The molecule has 0 aromatic carbocycles. The number of hydrogen-bond donors (Lipinski definition) is 1. The third-order valence-corrected chi connectivity index (χ3v) is 2.80. The number of carboxylic acids is 1. The molecule has 11 heteroatoms. The van der Waals surface area contributed by atoms with E-state index in [0.717, 1.165) is 6.26 Å². The number of aromatic nitrogens is 3. The van der Waals surface area contributed by atoms with Gasteiger partial charge in [0, 0.05) is 6.26 Å². The van der Waals surface area contributed by atoms with Gasteiger partial charge in [-0.2, -0.15) is 13.2 Å². The largest absolute Gasteiger partial charge is 0.476 e. The summed E-state index contributed by atoms with van der Waals surface area (Å²) >= 11 is 0. The zero-order valence-electron chi connectivity index (χ0n) is 8.97. The number of carboxylic acid groups (broad SMARTS) is 1. The number of rotatable bonds is 4. The van der Waals surface area contributed by atoms with Crippen LogP contribution >= 0.6 is 0 Å². The van der Waals surface area contributed by atoms with Gasteiger partial charge in [-0.05, 0) is 0 Å². The average molecular weight is 287 g/mol. The van der Waals surface area contributed by atoms with Crippen molar-refractivity contribution in [3.8, 4) is 0 Å². The van der Waals surface area contributed by atoms with Crippen LogP contribution < -0.4 is 0 Å². The first-order chi connectivity index (χ1) is 8.02. The van der Waals surface area contributed by atoms with Crippen LogP contribution in [0.3, 0.4) is 0 Å². The molecule has 0 radical (unpaired) electrons. The second-order valence-corrected chi connectivity index (χ2v) is 5.70. The van der Waals surface area contributed by atoms with Crippen molar-refractivity contribution in [2.75, 3.05) is 12.0 Å². The third-order valence-electron chi connectivity index (χ3n) is 1.88. The van der Waals surface area contributed by atoms with E-state index in [1.807, 2.05) is 0 Å². The van der Waals surface area contributed by atoms with Gasteiger partial charge in [0.25, 0.3) is 0 Å². The SMILES string of the molecule is CS(=O)(=O)CCn1nnc(C(=O)O)c1C(F)(F)F. The molecule has 102 valence electrons. The lowest BCUT2D eigenvalue weighted by molar-refractivity contribution is -0.144. The van der Waals surface area contributed by atoms with E-state index in [-0.39, 0.29) is 4.68 Å². The Morgan fingerprint density at radius 1 is 1.44 bits per heavy atom. The number of sulfone groups is 1. The summed E-state index contributed by atoms with van der Waals surface area (Å²) < 4.78 is 59.7. The summed E-state index contributed by atoms with van der Waals surface area (Å²) in [7, 11) is -3.50. The van der Waals surface area contributed by atoms with Crippen molar-refractivity contribution < 1.29 is 31.5 Å². The third kappa shape index (κ3) is 3.42. The van der Waals surface area contributed by atoms with E-state index in [4.69, 9.17) is 5.11 Å². The summed E-state index contributed by atoms with van der Waals surface area (Å²) in [4.78, 5) is 10.5. The molecule has 0 bridgehead atoms. The Morgan fingerprint density at radius 3 is 2.39 bits per heavy atom.